The van der Waals surface area contributed by atoms with Gasteiger partial charge in [-0.15, -0.1) is 0 Å². The van der Waals surface area contributed by atoms with E-state index < -0.39 is 0 Å². The third-order valence-electron chi connectivity index (χ3n) is 3.50. The van der Waals surface area contributed by atoms with Crippen LogP contribution < -0.4 is 0 Å². The molecule has 0 radical (unpaired) electrons. The SMILES string of the molecule is Oc1ccc(-c2ccc(-c3ccc(O)c(O)c3)cc2)cc1O. The maximum absolute atomic E-state index is 9.55. The number of benzene rings is 3. The summed E-state index contributed by atoms with van der Waals surface area (Å²) in [4.78, 5) is 0. The lowest BCUT2D eigenvalue weighted by atomic mass is 10.00. The molecule has 0 aliphatic heterocycles. The number of rotatable bonds is 2. The summed E-state index contributed by atoms with van der Waals surface area (Å²) < 4.78 is 0. The standard InChI is InChI=1S/C18H14O4/c19-15-7-5-13(9-17(15)21)11-1-2-12(4-3-11)14-6-8-16(20)18(22)10-14/h1-10,19-22H. The lowest BCUT2D eigenvalue weighted by molar-refractivity contribution is 0.404. The van der Waals surface area contributed by atoms with E-state index >= 15 is 0 Å². The zero-order chi connectivity index (χ0) is 15.7. The lowest BCUT2D eigenvalue weighted by Crippen LogP contribution is -1.81. The summed E-state index contributed by atoms with van der Waals surface area (Å²) >= 11 is 0. The minimum Gasteiger partial charge on any atom is -0.504 e. The average molecular weight is 294 g/mol. The van der Waals surface area contributed by atoms with Crippen molar-refractivity contribution in [1.82, 2.24) is 0 Å². The highest BCUT2D eigenvalue weighted by atomic mass is 16.3. The molecule has 0 aliphatic carbocycles. The van der Waals surface area contributed by atoms with Crippen molar-refractivity contribution in [3.05, 3.63) is 60.7 Å². The van der Waals surface area contributed by atoms with Crippen LogP contribution in [0.4, 0.5) is 0 Å². The monoisotopic (exact) mass is 294 g/mol. The molecule has 4 heteroatoms. The van der Waals surface area contributed by atoms with Gasteiger partial charge < -0.3 is 20.4 Å². The fraction of sp³-hybridized carbons (Fsp3) is 0. The molecule has 0 atom stereocenters. The molecule has 0 saturated carbocycles. The molecule has 22 heavy (non-hydrogen) atoms. The first-order valence-electron chi connectivity index (χ1n) is 6.69. The van der Waals surface area contributed by atoms with Crippen molar-refractivity contribution < 1.29 is 20.4 Å². The van der Waals surface area contributed by atoms with Gasteiger partial charge >= 0.3 is 0 Å². The molecule has 3 aromatic carbocycles. The zero-order valence-electron chi connectivity index (χ0n) is 11.6. The molecule has 4 N–H and O–H groups in total. The van der Waals surface area contributed by atoms with Crippen molar-refractivity contribution >= 4 is 0 Å². The normalized spacial score (nSPS) is 10.5. The van der Waals surface area contributed by atoms with E-state index in [4.69, 9.17) is 0 Å². The molecule has 0 aliphatic rings. The van der Waals surface area contributed by atoms with E-state index in [0.29, 0.717) is 0 Å². The van der Waals surface area contributed by atoms with E-state index in [0.717, 1.165) is 22.3 Å². The number of aromatic hydroxyl groups is 4. The van der Waals surface area contributed by atoms with Crippen molar-refractivity contribution in [2.75, 3.05) is 0 Å². The molecule has 0 unspecified atom stereocenters. The molecule has 3 rings (SSSR count). The van der Waals surface area contributed by atoms with Gasteiger partial charge in [-0.3, -0.25) is 0 Å². The Labute approximate surface area is 127 Å². The van der Waals surface area contributed by atoms with Gasteiger partial charge in [-0.25, -0.2) is 0 Å². The Hall–Kier alpha value is -3.14. The summed E-state index contributed by atoms with van der Waals surface area (Å²) in [5.41, 5.74) is 3.36. The highest BCUT2D eigenvalue weighted by Gasteiger charge is 2.06. The molecule has 110 valence electrons. The summed E-state index contributed by atoms with van der Waals surface area (Å²) in [5, 5.41) is 37.8. The molecule has 3 aromatic rings. The fourth-order valence-corrected chi connectivity index (χ4v) is 2.26. The number of hydrogen-bond acceptors (Lipinski definition) is 4. The highest BCUT2D eigenvalue weighted by Crippen LogP contribution is 2.33. The van der Waals surface area contributed by atoms with E-state index in [2.05, 4.69) is 0 Å². The van der Waals surface area contributed by atoms with E-state index in [1.807, 2.05) is 24.3 Å². The van der Waals surface area contributed by atoms with Gasteiger partial charge in [-0.05, 0) is 46.5 Å². The first-order valence-corrected chi connectivity index (χ1v) is 6.69. The van der Waals surface area contributed by atoms with E-state index in [9.17, 15) is 20.4 Å². The predicted molar refractivity (Wildman–Crippen MR) is 84.0 cm³/mol. The Morgan fingerprint density at radius 2 is 0.682 bits per heavy atom. The van der Waals surface area contributed by atoms with Crippen molar-refractivity contribution in [2.24, 2.45) is 0 Å². The maximum Gasteiger partial charge on any atom is 0.158 e. The quantitative estimate of drug-likeness (QED) is 0.541. The topological polar surface area (TPSA) is 80.9 Å². The zero-order valence-corrected chi connectivity index (χ0v) is 11.6. The van der Waals surface area contributed by atoms with Crippen LogP contribution in [0, 0.1) is 0 Å². The van der Waals surface area contributed by atoms with Crippen LogP contribution in [-0.4, -0.2) is 20.4 Å². The fourth-order valence-electron chi connectivity index (χ4n) is 2.26. The lowest BCUT2D eigenvalue weighted by Gasteiger charge is -2.07. The minimum atomic E-state index is -0.162. The van der Waals surface area contributed by atoms with E-state index in [-0.39, 0.29) is 23.0 Å². The van der Waals surface area contributed by atoms with Crippen molar-refractivity contribution in [3.63, 3.8) is 0 Å². The largest absolute Gasteiger partial charge is 0.504 e. The predicted octanol–water partition coefficient (Wildman–Crippen LogP) is 3.84. The van der Waals surface area contributed by atoms with Gasteiger partial charge in [-0.1, -0.05) is 36.4 Å². The van der Waals surface area contributed by atoms with Crippen molar-refractivity contribution in [2.45, 2.75) is 0 Å². The van der Waals surface area contributed by atoms with Crippen LogP contribution in [0.3, 0.4) is 0 Å². The highest BCUT2D eigenvalue weighted by molar-refractivity contribution is 5.73. The molecule has 0 heterocycles. The maximum atomic E-state index is 9.55. The van der Waals surface area contributed by atoms with Crippen molar-refractivity contribution in [3.8, 4) is 45.3 Å². The second-order valence-electron chi connectivity index (χ2n) is 4.98. The van der Waals surface area contributed by atoms with Crippen LogP contribution in [0.2, 0.25) is 0 Å². The van der Waals surface area contributed by atoms with Crippen LogP contribution in [-0.2, 0) is 0 Å². The smallest absolute Gasteiger partial charge is 0.158 e. The van der Waals surface area contributed by atoms with E-state index in [1.165, 1.54) is 24.3 Å². The minimum absolute atomic E-state index is 0.153. The Morgan fingerprint density at radius 3 is 1.00 bits per heavy atom. The molecule has 0 saturated heterocycles. The van der Waals surface area contributed by atoms with Crippen LogP contribution in [0.25, 0.3) is 22.3 Å². The van der Waals surface area contributed by atoms with Crippen molar-refractivity contribution in [1.29, 1.82) is 0 Å². The van der Waals surface area contributed by atoms with Gasteiger partial charge in [0.1, 0.15) is 0 Å². The molecular formula is C18H14O4. The first kappa shape index (κ1) is 13.8. The summed E-state index contributed by atoms with van der Waals surface area (Å²) in [6.45, 7) is 0. The number of phenolic OH excluding ortho intramolecular Hbond substituents is 4. The Bertz CT molecular complexity index is 752. The number of phenols is 4. The molecule has 0 spiro atoms. The van der Waals surface area contributed by atoms with Gasteiger partial charge in [0.2, 0.25) is 0 Å². The summed E-state index contributed by atoms with van der Waals surface area (Å²) in [5.74, 6) is -0.630. The Morgan fingerprint density at radius 1 is 0.364 bits per heavy atom. The average Bonchev–Trinajstić information content (AvgIpc) is 2.53. The molecular weight excluding hydrogens is 280 g/mol. The third-order valence-corrected chi connectivity index (χ3v) is 3.50. The molecule has 0 bridgehead atoms. The molecule has 0 amide bonds. The van der Waals surface area contributed by atoms with Crippen LogP contribution in [0.15, 0.2) is 60.7 Å². The van der Waals surface area contributed by atoms with E-state index in [1.54, 1.807) is 12.1 Å². The van der Waals surface area contributed by atoms with Gasteiger partial charge in [-0.2, -0.15) is 0 Å². The second kappa shape index (κ2) is 5.33. The van der Waals surface area contributed by atoms with Gasteiger partial charge in [0.25, 0.3) is 0 Å². The summed E-state index contributed by atoms with van der Waals surface area (Å²) in [7, 11) is 0. The summed E-state index contributed by atoms with van der Waals surface area (Å²) in [6, 6.07) is 16.8. The Kier molecular flexibility index (Phi) is 3.35. The Balaban J connectivity index is 1.95. The molecule has 0 aromatic heterocycles. The molecule has 4 nitrogen and oxygen atoms in total. The second-order valence-corrected chi connectivity index (χ2v) is 4.98. The van der Waals surface area contributed by atoms with Crippen LogP contribution in [0.1, 0.15) is 0 Å². The van der Waals surface area contributed by atoms with Gasteiger partial charge in [0.05, 0.1) is 0 Å². The van der Waals surface area contributed by atoms with Crippen LogP contribution in [0.5, 0.6) is 23.0 Å². The number of hydrogen-bond donors (Lipinski definition) is 4. The molecule has 0 fully saturated rings. The first-order chi connectivity index (χ1) is 10.5. The van der Waals surface area contributed by atoms with Crippen LogP contribution >= 0.6 is 0 Å². The third kappa shape index (κ3) is 2.54. The van der Waals surface area contributed by atoms with Gasteiger partial charge in [0.15, 0.2) is 23.0 Å². The summed E-state index contributed by atoms with van der Waals surface area (Å²) in [6.07, 6.45) is 0. The van der Waals surface area contributed by atoms with Gasteiger partial charge in [0, 0.05) is 0 Å².